The number of aromatic carboxylic acids is 1. The first kappa shape index (κ1) is 26.4. The third-order valence-electron chi connectivity index (χ3n) is 8.05. The van der Waals surface area contributed by atoms with Crippen LogP contribution in [0.1, 0.15) is 42.1 Å². The fraction of sp³-hybridized carbons (Fsp3) is 0.312. The molecule has 6 rings (SSSR count). The van der Waals surface area contributed by atoms with E-state index in [1.807, 2.05) is 42.6 Å². The van der Waals surface area contributed by atoms with Gasteiger partial charge < -0.3 is 19.7 Å². The third-order valence-corrected chi connectivity index (χ3v) is 8.30. The number of pyridine rings is 1. The van der Waals surface area contributed by atoms with Gasteiger partial charge in [0, 0.05) is 61.1 Å². The van der Waals surface area contributed by atoms with Crippen molar-refractivity contribution < 1.29 is 14.6 Å². The highest BCUT2D eigenvalue weighted by molar-refractivity contribution is 6.30. The number of hydrogen-bond donors (Lipinski definition) is 2. The molecular weight excluding hydrogens is 524 g/mol. The first-order valence-electron chi connectivity index (χ1n) is 13.9. The van der Waals surface area contributed by atoms with Gasteiger partial charge in [-0.25, -0.2) is 9.78 Å². The summed E-state index contributed by atoms with van der Waals surface area (Å²) in [5.41, 5.74) is 6.17. The maximum absolute atomic E-state index is 11.9. The zero-order chi connectivity index (χ0) is 27.6. The molecule has 0 radical (unpaired) electrons. The summed E-state index contributed by atoms with van der Waals surface area (Å²) in [6.45, 7) is 6.94. The molecule has 0 spiro atoms. The third kappa shape index (κ3) is 5.71. The van der Waals surface area contributed by atoms with Gasteiger partial charge in [-0.15, -0.1) is 0 Å². The molecule has 8 heteroatoms. The second-order valence-corrected chi connectivity index (χ2v) is 11.3. The number of nitrogens with one attached hydrogen (secondary N) is 1. The minimum atomic E-state index is -1.02. The van der Waals surface area contributed by atoms with Crippen molar-refractivity contribution in [3.8, 4) is 11.5 Å². The van der Waals surface area contributed by atoms with Gasteiger partial charge in [-0.05, 0) is 72.7 Å². The molecule has 1 unspecified atom stereocenters. The van der Waals surface area contributed by atoms with Gasteiger partial charge in [-0.3, -0.25) is 4.90 Å². The number of H-pyrrole nitrogens is 1. The van der Waals surface area contributed by atoms with Crippen LogP contribution in [0.5, 0.6) is 11.5 Å². The van der Waals surface area contributed by atoms with E-state index in [1.165, 1.54) is 17.6 Å². The normalized spacial score (nSPS) is 18.4. The number of anilines is 1. The minimum Gasteiger partial charge on any atom is -0.478 e. The number of rotatable bonds is 7. The maximum atomic E-state index is 11.9. The number of carboxylic acid groups (broad SMARTS) is 1. The number of aromatic amines is 1. The van der Waals surface area contributed by atoms with Crippen LogP contribution in [0.25, 0.3) is 16.6 Å². The lowest BCUT2D eigenvalue weighted by Crippen LogP contribution is -2.47. The number of nitrogens with zero attached hydrogens (tertiary/aromatic N) is 3. The van der Waals surface area contributed by atoms with E-state index in [2.05, 4.69) is 38.8 Å². The summed E-state index contributed by atoms with van der Waals surface area (Å²) in [6.07, 6.45) is 6.90. The van der Waals surface area contributed by atoms with Gasteiger partial charge in [0.05, 0.1) is 6.20 Å². The first-order valence-corrected chi connectivity index (χ1v) is 14.2. The summed E-state index contributed by atoms with van der Waals surface area (Å²) < 4.78 is 6.06. The van der Waals surface area contributed by atoms with E-state index in [0.29, 0.717) is 17.4 Å². The van der Waals surface area contributed by atoms with Crippen molar-refractivity contribution in [1.82, 2.24) is 14.9 Å². The van der Waals surface area contributed by atoms with Gasteiger partial charge in [0.15, 0.2) is 0 Å². The van der Waals surface area contributed by atoms with Gasteiger partial charge in [0.2, 0.25) is 0 Å². The second kappa shape index (κ2) is 11.4. The molecule has 1 fully saturated rings. The van der Waals surface area contributed by atoms with E-state index in [0.717, 1.165) is 67.3 Å². The lowest BCUT2D eigenvalue weighted by Gasteiger charge is -2.38. The number of fused-ring (bicyclic) bond motifs is 1. The average Bonchev–Trinajstić information content (AvgIpc) is 3.42. The molecule has 1 atom stereocenters. The summed E-state index contributed by atoms with van der Waals surface area (Å²) in [5.74, 6) is 0.501. The van der Waals surface area contributed by atoms with Crippen molar-refractivity contribution in [2.24, 2.45) is 5.92 Å². The van der Waals surface area contributed by atoms with Gasteiger partial charge in [0.1, 0.15) is 22.7 Å². The molecule has 0 saturated carbocycles. The van der Waals surface area contributed by atoms with Crippen molar-refractivity contribution in [2.45, 2.75) is 26.2 Å². The fourth-order valence-electron chi connectivity index (χ4n) is 5.88. The molecule has 1 aliphatic heterocycles. The Balaban J connectivity index is 1.16. The van der Waals surface area contributed by atoms with Crippen LogP contribution in [0.15, 0.2) is 72.6 Å². The van der Waals surface area contributed by atoms with Crippen molar-refractivity contribution >= 4 is 39.9 Å². The summed E-state index contributed by atoms with van der Waals surface area (Å²) in [4.78, 5) is 24.2. The molecule has 7 nitrogen and oxygen atoms in total. The quantitative estimate of drug-likeness (QED) is 0.252. The summed E-state index contributed by atoms with van der Waals surface area (Å²) in [7, 11) is 0. The second-order valence-electron chi connectivity index (χ2n) is 10.9. The van der Waals surface area contributed by atoms with Crippen LogP contribution in [-0.4, -0.2) is 58.7 Å². The number of aromatic nitrogens is 2. The van der Waals surface area contributed by atoms with E-state index in [4.69, 9.17) is 16.3 Å². The number of ether oxygens (including phenoxy) is 1. The van der Waals surface area contributed by atoms with Crippen LogP contribution in [0.4, 0.5) is 5.69 Å². The zero-order valence-corrected chi connectivity index (χ0v) is 23.3. The van der Waals surface area contributed by atoms with Crippen LogP contribution in [-0.2, 0) is 0 Å². The van der Waals surface area contributed by atoms with E-state index in [-0.39, 0.29) is 5.56 Å². The Labute approximate surface area is 239 Å². The lowest BCUT2D eigenvalue weighted by atomic mass is 9.82. The number of halogens is 1. The molecule has 4 aromatic rings. The first-order chi connectivity index (χ1) is 19.4. The van der Waals surface area contributed by atoms with E-state index >= 15 is 0 Å². The molecular formula is C32H33ClN4O3. The van der Waals surface area contributed by atoms with E-state index in [1.54, 1.807) is 17.8 Å². The van der Waals surface area contributed by atoms with Crippen molar-refractivity contribution in [1.29, 1.82) is 0 Å². The number of carbonyl (C=O) groups is 1. The fourth-order valence-corrected chi connectivity index (χ4v) is 6.00. The highest BCUT2D eigenvalue weighted by Gasteiger charge is 2.24. The Kier molecular flexibility index (Phi) is 7.50. The predicted molar refractivity (Wildman–Crippen MR) is 160 cm³/mol. The number of benzene rings is 2. The van der Waals surface area contributed by atoms with E-state index in [9.17, 15) is 9.90 Å². The van der Waals surface area contributed by atoms with Gasteiger partial charge in [0.25, 0.3) is 0 Å². The topological polar surface area (TPSA) is 81.7 Å². The maximum Gasteiger partial charge on any atom is 0.339 e. The molecule has 2 N–H and O–H groups in total. The monoisotopic (exact) mass is 556 g/mol. The molecule has 2 aromatic carbocycles. The molecule has 1 aliphatic carbocycles. The molecule has 0 amide bonds. The number of allylic oxidation sites excluding steroid dienone is 1. The molecule has 0 bridgehead atoms. The molecule has 40 heavy (non-hydrogen) atoms. The predicted octanol–water partition coefficient (Wildman–Crippen LogP) is 7.10. The van der Waals surface area contributed by atoms with Gasteiger partial charge in [-0.1, -0.05) is 36.2 Å². The van der Waals surface area contributed by atoms with Crippen LogP contribution < -0.4 is 9.64 Å². The van der Waals surface area contributed by atoms with Crippen molar-refractivity contribution in [3.05, 3.63) is 88.7 Å². The SMILES string of the molecule is CC1CCC(c2ccc(Cl)cc2)=C(CN2CCN(c3ccc(C(=O)O)c(Oc4cnc5[nH]ccc5c4)c3)CC2)C1. The van der Waals surface area contributed by atoms with Crippen LogP contribution in [0.2, 0.25) is 5.02 Å². The Morgan fingerprint density at radius 3 is 2.67 bits per heavy atom. The average molecular weight is 557 g/mol. The Morgan fingerprint density at radius 2 is 1.90 bits per heavy atom. The minimum absolute atomic E-state index is 0.129. The Hall–Kier alpha value is -3.81. The molecule has 2 aliphatic rings. The smallest absolute Gasteiger partial charge is 0.339 e. The molecule has 1 saturated heterocycles. The molecule has 206 valence electrons. The largest absolute Gasteiger partial charge is 0.478 e. The summed E-state index contributed by atoms with van der Waals surface area (Å²) in [6, 6.07) is 17.4. The number of hydrogen-bond acceptors (Lipinski definition) is 5. The van der Waals surface area contributed by atoms with Crippen LogP contribution in [0.3, 0.4) is 0 Å². The molecule has 3 heterocycles. The Morgan fingerprint density at radius 1 is 1.10 bits per heavy atom. The number of carboxylic acids is 1. The van der Waals surface area contributed by atoms with Crippen molar-refractivity contribution in [3.63, 3.8) is 0 Å². The summed E-state index contributed by atoms with van der Waals surface area (Å²) >= 11 is 6.15. The van der Waals surface area contributed by atoms with Gasteiger partial charge in [-0.2, -0.15) is 0 Å². The number of piperazine rings is 1. The highest BCUT2D eigenvalue weighted by Crippen LogP contribution is 2.37. The summed E-state index contributed by atoms with van der Waals surface area (Å²) in [5, 5.41) is 11.5. The highest BCUT2D eigenvalue weighted by atomic mass is 35.5. The lowest BCUT2D eigenvalue weighted by molar-refractivity contribution is 0.0694. The zero-order valence-electron chi connectivity index (χ0n) is 22.6. The van der Waals surface area contributed by atoms with Crippen molar-refractivity contribution in [2.75, 3.05) is 37.6 Å². The molecule has 2 aromatic heterocycles. The van der Waals surface area contributed by atoms with Crippen LogP contribution in [0, 0.1) is 5.92 Å². The van der Waals surface area contributed by atoms with Crippen LogP contribution >= 0.6 is 11.6 Å². The van der Waals surface area contributed by atoms with Gasteiger partial charge >= 0.3 is 5.97 Å². The standard InChI is InChI=1S/C32H33ClN4O3/c1-21-2-8-28(22-3-5-25(33)6-4-22)24(16-21)20-36-12-14-37(15-13-36)26-7-9-29(32(38)39)30(18-26)40-27-17-23-10-11-34-31(23)35-19-27/h3-7,9-11,17-19,21H,2,8,12-16,20H2,1H3,(H,34,35)(H,38,39). The van der Waals surface area contributed by atoms with E-state index < -0.39 is 5.97 Å². The Bertz CT molecular complexity index is 1550.